The van der Waals surface area contributed by atoms with E-state index in [0.29, 0.717) is 17.5 Å². The molecule has 6 aromatic carbocycles. The highest BCUT2D eigenvalue weighted by molar-refractivity contribution is 6.10. The van der Waals surface area contributed by atoms with Crippen LogP contribution in [-0.2, 0) is 0 Å². The summed E-state index contributed by atoms with van der Waals surface area (Å²) in [5.74, 6) is 1.90. The van der Waals surface area contributed by atoms with Crippen molar-refractivity contribution in [2.75, 3.05) is 0 Å². The molecule has 0 saturated carbocycles. The van der Waals surface area contributed by atoms with Crippen LogP contribution in [0.25, 0.3) is 72.8 Å². The number of benzene rings is 6. The number of para-hydroxylation sites is 1. The number of aromatic nitrogens is 5. The molecule has 0 spiro atoms. The summed E-state index contributed by atoms with van der Waals surface area (Å²) in [6.07, 6.45) is 0. The Balaban J connectivity index is 1.32. The maximum Gasteiger partial charge on any atom is 0.164 e. The van der Waals surface area contributed by atoms with Gasteiger partial charge in [0.25, 0.3) is 0 Å². The van der Waals surface area contributed by atoms with E-state index in [1.54, 1.807) is 0 Å². The molecule has 0 amide bonds. The van der Waals surface area contributed by atoms with Gasteiger partial charge in [-0.1, -0.05) is 127 Å². The maximum absolute atomic E-state index is 5.21. The van der Waals surface area contributed by atoms with Gasteiger partial charge in [0.2, 0.25) is 0 Å². The molecule has 5 heteroatoms. The molecule has 0 bridgehead atoms. The molecule has 0 fully saturated rings. The number of hydrogen-bond donors (Lipinski definition) is 0. The second-order valence-electron chi connectivity index (χ2n) is 10.4. The third-order valence-electron chi connectivity index (χ3n) is 7.66. The van der Waals surface area contributed by atoms with E-state index in [4.69, 9.17) is 20.1 Å². The van der Waals surface area contributed by atoms with E-state index in [1.165, 1.54) is 5.39 Å². The summed E-state index contributed by atoms with van der Waals surface area (Å²) in [6, 6.07) is 51.5. The number of nitrogens with zero attached hydrogens (tertiary/aromatic N) is 5. The summed E-state index contributed by atoms with van der Waals surface area (Å²) in [4.78, 5) is 14.7. The molecule has 0 aliphatic rings. The first kappa shape index (κ1) is 24.8. The zero-order valence-corrected chi connectivity index (χ0v) is 23.2. The van der Waals surface area contributed by atoms with Gasteiger partial charge in [-0.25, -0.2) is 19.6 Å². The van der Waals surface area contributed by atoms with Gasteiger partial charge in [0.1, 0.15) is 5.69 Å². The number of fused-ring (bicyclic) bond motifs is 3. The van der Waals surface area contributed by atoms with Gasteiger partial charge in [0, 0.05) is 33.0 Å². The van der Waals surface area contributed by atoms with Crippen molar-refractivity contribution in [3.63, 3.8) is 0 Å². The van der Waals surface area contributed by atoms with Gasteiger partial charge >= 0.3 is 0 Å². The minimum atomic E-state index is 0.617. The Labute approximate surface area is 248 Å². The fraction of sp³-hybridized carbons (Fsp3) is 0. The first-order chi connectivity index (χ1) is 21.3. The minimum absolute atomic E-state index is 0.617. The van der Waals surface area contributed by atoms with Crippen LogP contribution in [0.15, 0.2) is 152 Å². The molecule has 0 N–H and O–H groups in total. The van der Waals surface area contributed by atoms with E-state index < -0.39 is 0 Å². The molecule has 202 valence electrons. The molecular weight excluding hydrogens is 526 g/mol. The smallest absolute Gasteiger partial charge is 0.164 e. The molecule has 2 heterocycles. The highest BCUT2D eigenvalue weighted by atomic mass is 15.3. The van der Waals surface area contributed by atoms with Crippen molar-refractivity contribution >= 4 is 21.7 Å². The van der Waals surface area contributed by atoms with E-state index in [2.05, 4.69) is 65.3 Å². The van der Waals surface area contributed by atoms with Gasteiger partial charge in [-0.05, 0) is 29.7 Å². The predicted octanol–water partition coefficient (Wildman–Crippen LogP) is 9.03. The van der Waals surface area contributed by atoms with Crippen molar-refractivity contribution in [2.45, 2.75) is 0 Å². The zero-order chi connectivity index (χ0) is 28.6. The van der Waals surface area contributed by atoms with Crippen LogP contribution < -0.4 is 0 Å². The Hall–Kier alpha value is -5.94. The van der Waals surface area contributed by atoms with Crippen LogP contribution in [-0.4, -0.2) is 24.7 Å². The van der Waals surface area contributed by atoms with Gasteiger partial charge in [0.15, 0.2) is 17.5 Å². The molecule has 2 aromatic heterocycles. The van der Waals surface area contributed by atoms with Crippen LogP contribution in [0, 0.1) is 0 Å². The lowest BCUT2D eigenvalue weighted by atomic mass is 10.0. The standard InChI is InChI=1S/C38H25N5/c1-4-14-27(15-5-1)36-39-37(28-16-6-2-7-17-28)41-38(40-36)30-19-12-18-29(25-30)34-33-24-23-26-13-10-11-22-32(26)35(33)43(42-34)31-20-8-3-9-21-31/h1-25H. The molecule has 0 saturated heterocycles. The van der Waals surface area contributed by atoms with Gasteiger partial charge in [-0.2, -0.15) is 5.10 Å². The first-order valence-electron chi connectivity index (χ1n) is 14.3. The molecule has 0 atom stereocenters. The Bertz CT molecular complexity index is 2170. The molecule has 0 aliphatic heterocycles. The van der Waals surface area contributed by atoms with E-state index in [-0.39, 0.29) is 0 Å². The van der Waals surface area contributed by atoms with Crippen molar-refractivity contribution in [1.82, 2.24) is 24.7 Å². The topological polar surface area (TPSA) is 56.5 Å². The van der Waals surface area contributed by atoms with Crippen LogP contribution in [0.2, 0.25) is 0 Å². The Kier molecular flexibility index (Phi) is 6.05. The first-order valence-corrected chi connectivity index (χ1v) is 14.3. The quantitative estimate of drug-likeness (QED) is 0.214. The molecule has 8 rings (SSSR count). The lowest BCUT2D eigenvalue weighted by Gasteiger charge is -2.09. The predicted molar refractivity (Wildman–Crippen MR) is 174 cm³/mol. The number of hydrogen-bond acceptors (Lipinski definition) is 4. The second kappa shape index (κ2) is 10.5. The molecule has 5 nitrogen and oxygen atoms in total. The third kappa shape index (κ3) is 4.53. The maximum atomic E-state index is 5.21. The monoisotopic (exact) mass is 551 g/mol. The summed E-state index contributed by atoms with van der Waals surface area (Å²) in [5.41, 5.74) is 6.80. The summed E-state index contributed by atoms with van der Waals surface area (Å²) in [7, 11) is 0. The minimum Gasteiger partial charge on any atom is -0.232 e. The summed E-state index contributed by atoms with van der Waals surface area (Å²) < 4.78 is 2.06. The van der Waals surface area contributed by atoms with Gasteiger partial charge in [-0.15, -0.1) is 0 Å². The average molecular weight is 552 g/mol. The third-order valence-corrected chi connectivity index (χ3v) is 7.66. The van der Waals surface area contributed by atoms with Crippen LogP contribution in [0.5, 0.6) is 0 Å². The molecular formula is C38H25N5. The van der Waals surface area contributed by atoms with Gasteiger partial charge in [0.05, 0.1) is 11.2 Å². The fourth-order valence-electron chi connectivity index (χ4n) is 5.59. The van der Waals surface area contributed by atoms with Crippen molar-refractivity contribution in [2.24, 2.45) is 0 Å². The average Bonchev–Trinajstić information content (AvgIpc) is 3.50. The lowest BCUT2D eigenvalue weighted by molar-refractivity contribution is 0.918. The summed E-state index contributed by atoms with van der Waals surface area (Å²) >= 11 is 0. The Morgan fingerprint density at radius 1 is 0.395 bits per heavy atom. The fourth-order valence-corrected chi connectivity index (χ4v) is 5.59. The van der Waals surface area contributed by atoms with E-state index in [0.717, 1.165) is 49.9 Å². The largest absolute Gasteiger partial charge is 0.232 e. The highest BCUT2D eigenvalue weighted by Crippen LogP contribution is 2.36. The normalized spacial score (nSPS) is 11.3. The van der Waals surface area contributed by atoms with Crippen molar-refractivity contribution in [3.8, 4) is 51.1 Å². The summed E-state index contributed by atoms with van der Waals surface area (Å²) in [6.45, 7) is 0. The molecule has 8 aromatic rings. The van der Waals surface area contributed by atoms with E-state index in [1.807, 2.05) is 91.0 Å². The highest BCUT2D eigenvalue weighted by Gasteiger charge is 2.18. The SMILES string of the molecule is c1ccc(-c2nc(-c3ccccc3)nc(-c3cccc(-c4nn(-c5ccccc5)c5c4ccc4ccccc45)c3)n2)cc1. The Morgan fingerprint density at radius 3 is 1.60 bits per heavy atom. The summed E-state index contributed by atoms with van der Waals surface area (Å²) in [5, 5.41) is 8.64. The second-order valence-corrected chi connectivity index (χ2v) is 10.4. The zero-order valence-electron chi connectivity index (χ0n) is 23.2. The van der Waals surface area contributed by atoms with Crippen LogP contribution in [0.3, 0.4) is 0 Å². The van der Waals surface area contributed by atoms with Crippen molar-refractivity contribution < 1.29 is 0 Å². The van der Waals surface area contributed by atoms with Crippen LogP contribution in [0.4, 0.5) is 0 Å². The molecule has 0 radical (unpaired) electrons. The van der Waals surface area contributed by atoms with Gasteiger partial charge in [-0.3, -0.25) is 0 Å². The Morgan fingerprint density at radius 2 is 0.930 bits per heavy atom. The molecule has 0 unspecified atom stereocenters. The van der Waals surface area contributed by atoms with Crippen molar-refractivity contribution in [1.29, 1.82) is 0 Å². The molecule has 43 heavy (non-hydrogen) atoms. The van der Waals surface area contributed by atoms with E-state index in [9.17, 15) is 0 Å². The lowest BCUT2D eigenvalue weighted by Crippen LogP contribution is -2.00. The van der Waals surface area contributed by atoms with Gasteiger partial charge < -0.3 is 0 Å². The van der Waals surface area contributed by atoms with Crippen LogP contribution in [0.1, 0.15) is 0 Å². The van der Waals surface area contributed by atoms with E-state index >= 15 is 0 Å². The van der Waals surface area contributed by atoms with Crippen molar-refractivity contribution in [3.05, 3.63) is 152 Å². The number of rotatable bonds is 5. The van der Waals surface area contributed by atoms with Crippen LogP contribution >= 0.6 is 0 Å². The molecule has 0 aliphatic carbocycles.